The molecular weight excluding hydrogens is 278 g/mol. The van der Waals surface area contributed by atoms with E-state index < -0.39 is 0 Å². The molecule has 0 saturated carbocycles. The lowest BCUT2D eigenvalue weighted by atomic mass is 10.1. The second-order valence-electron chi connectivity index (χ2n) is 5.39. The van der Waals surface area contributed by atoms with Crippen LogP contribution in [0.25, 0.3) is 0 Å². The number of anilines is 1. The van der Waals surface area contributed by atoms with Crippen LogP contribution in [0.2, 0.25) is 0 Å². The second kappa shape index (κ2) is 6.39. The van der Waals surface area contributed by atoms with Gasteiger partial charge in [-0.3, -0.25) is 0 Å². The van der Waals surface area contributed by atoms with Gasteiger partial charge in [0.25, 0.3) is 0 Å². The van der Waals surface area contributed by atoms with E-state index in [4.69, 9.17) is 10.00 Å². The number of ether oxygens (including phenoxy) is 1. The maximum atomic E-state index is 8.83. The first-order chi connectivity index (χ1) is 10.7. The quantitative estimate of drug-likeness (QED) is 0.863. The fourth-order valence-corrected chi connectivity index (χ4v) is 2.47. The van der Waals surface area contributed by atoms with Gasteiger partial charge in [0.15, 0.2) is 0 Å². The summed E-state index contributed by atoms with van der Waals surface area (Å²) in [5.41, 5.74) is 1.58. The molecule has 1 atom stereocenters. The number of pyridine rings is 1. The molecule has 6 heteroatoms. The number of hydrogen-bond acceptors (Lipinski definition) is 6. The van der Waals surface area contributed by atoms with Crippen LogP contribution in [0.4, 0.5) is 5.82 Å². The Morgan fingerprint density at radius 2 is 2.05 bits per heavy atom. The lowest BCUT2D eigenvalue weighted by molar-refractivity contribution is 0.164. The highest BCUT2D eigenvalue weighted by Gasteiger charge is 2.23. The molecule has 0 N–H and O–H groups in total. The largest absolute Gasteiger partial charge is 0.458 e. The van der Waals surface area contributed by atoms with Gasteiger partial charge in [-0.05, 0) is 37.5 Å². The molecule has 112 valence electrons. The summed E-state index contributed by atoms with van der Waals surface area (Å²) in [5.74, 6) is 0.872. The zero-order valence-corrected chi connectivity index (χ0v) is 12.4. The Balaban J connectivity index is 1.65. The lowest BCUT2D eigenvalue weighted by Gasteiger charge is -2.33. The molecule has 22 heavy (non-hydrogen) atoms. The van der Waals surface area contributed by atoms with Gasteiger partial charge in [-0.15, -0.1) is 0 Å². The van der Waals surface area contributed by atoms with Crippen molar-refractivity contribution in [1.29, 1.82) is 5.26 Å². The van der Waals surface area contributed by atoms with Crippen molar-refractivity contribution < 1.29 is 4.74 Å². The van der Waals surface area contributed by atoms with Crippen LogP contribution in [-0.4, -0.2) is 34.1 Å². The Kier molecular flexibility index (Phi) is 4.15. The average molecular weight is 295 g/mol. The van der Waals surface area contributed by atoms with E-state index >= 15 is 0 Å². The third kappa shape index (κ3) is 3.31. The van der Waals surface area contributed by atoms with Crippen LogP contribution >= 0.6 is 0 Å². The molecule has 0 aromatic carbocycles. The number of piperidine rings is 1. The first-order valence-corrected chi connectivity index (χ1v) is 7.31. The van der Waals surface area contributed by atoms with E-state index in [1.54, 1.807) is 24.7 Å². The third-order valence-corrected chi connectivity index (χ3v) is 3.61. The van der Waals surface area contributed by atoms with Gasteiger partial charge in [0.1, 0.15) is 18.0 Å². The normalized spacial score (nSPS) is 17.8. The highest BCUT2D eigenvalue weighted by molar-refractivity contribution is 5.42. The number of rotatable bonds is 3. The molecular formula is C16H17N5O. The standard InChI is InChI=1S/C16H17N5O/c1-12-8-19-16(20-9-12)22-14-3-2-6-21(11-14)15-5-4-13(7-17)10-18-15/h4-5,8-10,14H,2-3,6,11H2,1H3. The third-order valence-electron chi connectivity index (χ3n) is 3.61. The minimum Gasteiger partial charge on any atom is -0.458 e. The second-order valence-corrected chi connectivity index (χ2v) is 5.39. The minimum atomic E-state index is 0.0499. The first-order valence-electron chi connectivity index (χ1n) is 7.31. The molecule has 2 aromatic rings. The zero-order valence-electron chi connectivity index (χ0n) is 12.4. The molecule has 0 bridgehead atoms. The number of aromatic nitrogens is 3. The van der Waals surface area contributed by atoms with E-state index in [9.17, 15) is 0 Å². The van der Waals surface area contributed by atoms with Gasteiger partial charge >= 0.3 is 6.01 Å². The molecule has 1 unspecified atom stereocenters. The molecule has 3 rings (SSSR count). The summed E-state index contributed by atoms with van der Waals surface area (Å²) in [5, 5.41) is 8.83. The summed E-state index contributed by atoms with van der Waals surface area (Å²) in [7, 11) is 0. The maximum Gasteiger partial charge on any atom is 0.316 e. The van der Waals surface area contributed by atoms with E-state index in [0.29, 0.717) is 11.6 Å². The van der Waals surface area contributed by atoms with Crippen molar-refractivity contribution in [3.05, 3.63) is 41.9 Å². The summed E-state index contributed by atoms with van der Waals surface area (Å²) >= 11 is 0. The molecule has 6 nitrogen and oxygen atoms in total. The lowest BCUT2D eigenvalue weighted by Crippen LogP contribution is -2.41. The number of aryl methyl sites for hydroxylation is 1. The highest BCUT2D eigenvalue weighted by atomic mass is 16.5. The summed E-state index contributed by atoms with van der Waals surface area (Å²) < 4.78 is 5.86. The molecule has 2 aromatic heterocycles. The van der Waals surface area contributed by atoms with Crippen LogP contribution in [0.3, 0.4) is 0 Å². The molecule has 0 radical (unpaired) electrons. The predicted octanol–water partition coefficient (Wildman–Crippen LogP) is 2.10. The van der Waals surface area contributed by atoms with Crippen LogP contribution in [0.5, 0.6) is 6.01 Å². The van der Waals surface area contributed by atoms with E-state index in [2.05, 4.69) is 25.9 Å². The Bertz CT molecular complexity index is 662. The molecule has 1 saturated heterocycles. The van der Waals surface area contributed by atoms with Gasteiger partial charge in [-0.25, -0.2) is 15.0 Å². The van der Waals surface area contributed by atoms with Gasteiger partial charge < -0.3 is 9.64 Å². The first kappa shape index (κ1) is 14.3. The van der Waals surface area contributed by atoms with E-state index in [-0.39, 0.29) is 6.10 Å². The molecule has 3 heterocycles. The number of hydrogen-bond donors (Lipinski definition) is 0. The minimum absolute atomic E-state index is 0.0499. The number of nitrogens with zero attached hydrogens (tertiary/aromatic N) is 5. The van der Waals surface area contributed by atoms with Crippen LogP contribution < -0.4 is 9.64 Å². The molecule has 0 amide bonds. The van der Waals surface area contributed by atoms with Crippen molar-refractivity contribution in [2.75, 3.05) is 18.0 Å². The highest BCUT2D eigenvalue weighted by Crippen LogP contribution is 2.20. The Hall–Kier alpha value is -2.68. The smallest absolute Gasteiger partial charge is 0.316 e. The van der Waals surface area contributed by atoms with Crippen molar-refractivity contribution in [2.45, 2.75) is 25.9 Å². The topological polar surface area (TPSA) is 74.9 Å². The monoisotopic (exact) mass is 295 g/mol. The van der Waals surface area contributed by atoms with Crippen molar-refractivity contribution >= 4 is 5.82 Å². The van der Waals surface area contributed by atoms with Crippen molar-refractivity contribution in [3.63, 3.8) is 0 Å². The Labute approximate surface area is 129 Å². The van der Waals surface area contributed by atoms with Crippen molar-refractivity contribution in [2.24, 2.45) is 0 Å². The summed E-state index contributed by atoms with van der Waals surface area (Å²) in [6.45, 7) is 3.63. The predicted molar refractivity (Wildman–Crippen MR) is 81.6 cm³/mol. The van der Waals surface area contributed by atoms with Crippen molar-refractivity contribution in [1.82, 2.24) is 15.0 Å². The maximum absolute atomic E-state index is 8.83. The molecule has 1 fully saturated rings. The van der Waals surface area contributed by atoms with Gasteiger partial charge in [-0.2, -0.15) is 5.26 Å². The number of nitriles is 1. The molecule has 1 aliphatic heterocycles. The fourth-order valence-electron chi connectivity index (χ4n) is 2.47. The summed E-state index contributed by atoms with van der Waals surface area (Å²) in [4.78, 5) is 14.9. The van der Waals surface area contributed by atoms with Crippen LogP contribution in [0.1, 0.15) is 24.0 Å². The molecule has 0 spiro atoms. The Morgan fingerprint density at radius 3 is 2.73 bits per heavy atom. The molecule has 1 aliphatic rings. The van der Waals surface area contributed by atoms with Gasteiger partial charge in [-0.1, -0.05) is 0 Å². The van der Waals surface area contributed by atoms with Crippen LogP contribution in [0, 0.1) is 18.3 Å². The fraction of sp³-hybridized carbons (Fsp3) is 0.375. The van der Waals surface area contributed by atoms with E-state index in [1.165, 1.54) is 0 Å². The van der Waals surface area contributed by atoms with Crippen LogP contribution in [0.15, 0.2) is 30.7 Å². The van der Waals surface area contributed by atoms with Gasteiger partial charge in [0.2, 0.25) is 0 Å². The average Bonchev–Trinajstić information content (AvgIpc) is 2.57. The SMILES string of the molecule is Cc1cnc(OC2CCCN(c3ccc(C#N)cn3)C2)nc1. The van der Waals surface area contributed by atoms with Gasteiger partial charge in [0.05, 0.1) is 12.1 Å². The van der Waals surface area contributed by atoms with Crippen molar-refractivity contribution in [3.8, 4) is 12.1 Å². The zero-order chi connectivity index (χ0) is 15.4. The van der Waals surface area contributed by atoms with E-state index in [1.807, 2.05) is 13.0 Å². The summed E-state index contributed by atoms with van der Waals surface area (Å²) in [6.07, 6.45) is 7.16. The van der Waals surface area contributed by atoms with E-state index in [0.717, 1.165) is 37.3 Å². The summed E-state index contributed by atoms with van der Waals surface area (Å²) in [6, 6.07) is 6.17. The van der Waals surface area contributed by atoms with Crippen LogP contribution in [-0.2, 0) is 0 Å². The Morgan fingerprint density at radius 1 is 1.23 bits per heavy atom. The van der Waals surface area contributed by atoms with Gasteiger partial charge in [0, 0.05) is 25.1 Å². The molecule has 0 aliphatic carbocycles.